The van der Waals surface area contributed by atoms with Gasteiger partial charge in [0.2, 0.25) is 17.6 Å². The zero-order valence-electron chi connectivity index (χ0n) is 11.0. The maximum absolute atomic E-state index is 11.8. The highest BCUT2D eigenvalue weighted by Crippen LogP contribution is 2.21. The van der Waals surface area contributed by atoms with Gasteiger partial charge in [0.15, 0.2) is 0 Å². The lowest BCUT2D eigenvalue weighted by Gasteiger charge is -2.01. The van der Waals surface area contributed by atoms with Crippen molar-refractivity contribution in [3.63, 3.8) is 0 Å². The van der Waals surface area contributed by atoms with Gasteiger partial charge in [-0.15, -0.1) is 11.3 Å². The molecule has 1 amide bonds. The minimum atomic E-state index is -0.135. The second kappa shape index (κ2) is 6.27. The van der Waals surface area contributed by atoms with Gasteiger partial charge >= 0.3 is 0 Å². The molecule has 1 N–H and O–H groups in total. The molecule has 0 aliphatic carbocycles. The average molecular weight is 300 g/mol. The van der Waals surface area contributed by atoms with Gasteiger partial charge in [-0.2, -0.15) is 4.98 Å². The number of aryl methyl sites for hydroxylation is 1. The van der Waals surface area contributed by atoms with Crippen molar-refractivity contribution in [2.45, 2.75) is 12.8 Å². The lowest BCUT2D eigenvalue weighted by atomic mass is 10.3. The quantitative estimate of drug-likeness (QED) is 0.783. The molecule has 3 rings (SSSR count). The van der Waals surface area contributed by atoms with Crippen molar-refractivity contribution in [3.8, 4) is 10.7 Å². The lowest BCUT2D eigenvalue weighted by molar-refractivity contribution is -0.116. The van der Waals surface area contributed by atoms with Gasteiger partial charge in [-0.1, -0.05) is 17.3 Å². The van der Waals surface area contributed by atoms with Crippen molar-refractivity contribution in [2.75, 3.05) is 5.32 Å². The first-order valence-electron chi connectivity index (χ1n) is 6.38. The molecule has 106 valence electrons. The third-order valence-electron chi connectivity index (χ3n) is 2.71. The van der Waals surface area contributed by atoms with Crippen LogP contribution in [0.3, 0.4) is 0 Å². The summed E-state index contributed by atoms with van der Waals surface area (Å²) in [5, 5.41) is 8.56. The van der Waals surface area contributed by atoms with Crippen molar-refractivity contribution in [1.29, 1.82) is 0 Å². The Kier molecular flexibility index (Phi) is 4.02. The van der Waals surface area contributed by atoms with Crippen LogP contribution in [0.1, 0.15) is 12.3 Å². The number of pyridine rings is 1. The van der Waals surface area contributed by atoms with E-state index < -0.39 is 0 Å². The topological polar surface area (TPSA) is 80.9 Å². The number of hydrogen-bond acceptors (Lipinski definition) is 6. The molecule has 0 saturated carbocycles. The highest BCUT2D eigenvalue weighted by Gasteiger charge is 2.11. The number of thiophene rings is 1. The first-order valence-corrected chi connectivity index (χ1v) is 7.26. The van der Waals surface area contributed by atoms with Crippen LogP contribution in [0.5, 0.6) is 0 Å². The minimum absolute atomic E-state index is 0.135. The molecule has 3 heterocycles. The maximum Gasteiger partial charge on any atom is 0.227 e. The highest BCUT2D eigenvalue weighted by atomic mass is 32.1. The summed E-state index contributed by atoms with van der Waals surface area (Å²) in [5.41, 5.74) is 0. The number of hydrogen-bond donors (Lipinski definition) is 1. The van der Waals surface area contributed by atoms with Crippen LogP contribution in [-0.2, 0) is 11.2 Å². The predicted molar refractivity (Wildman–Crippen MR) is 78.8 cm³/mol. The number of carbonyl (C=O) groups excluding carboxylic acids is 1. The van der Waals surface area contributed by atoms with Crippen molar-refractivity contribution in [1.82, 2.24) is 15.1 Å². The fourth-order valence-electron chi connectivity index (χ4n) is 1.72. The number of carbonyl (C=O) groups is 1. The van der Waals surface area contributed by atoms with E-state index in [1.54, 1.807) is 29.7 Å². The molecule has 0 saturated heterocycles. The molecule has 0 aromatic carbocycles. The Morgan fingerprint density at radius 1 is 1.29 bits per heavy atom. The molecule has 3 aromatic heterocycles. The van der Waals surface area contributed by atoms with Gasteiger partial charge in [0.25, 0.3) is 0 Å². The predicted octanol–water partition coefficient (Wildman–Crippen LogP) is 2.76. The number of aromatic nitrogens is 3. The SMILES string of the molecule is O=C(CCc1nc(-c2cccs2)no1)Nc1ccccn1. The molecular weight excluding hydrogens is 288 g/mol. The third kappa shape index (κ3) is 3.51. The van der Waals surface area contributed by atoms with Crippen LogP contribution in [0.4, 0.5) is 5.82 Å². The summed E-state index contributed by atoms with van der Waals surface area (Å²) in [7, 11) is 0. The fourth-order valence-corrected chi connectivity index (χ4v) is 2.37. The summed E-state index contributed by atoms with van der Waals surface area (Å²) < 4.78 is 5.14. The van der Waals surface area contributed by atoms with Crippen LogP contribution < -0.4 is 5.32 Å². The molecule has 0 radical (unpaired) electrons. The van der Waals surface area contributed by atoms with Crippen LogP contribution in [0.2, 0.25) is 0 Å². The average Bonchev–Trinajstić information content (AvgIpc) is 3.17. The first kappa shape index (κ1) is 13.4. The molecule has 7 heteroatoms. The van der Waals surface area contributed by atoms with Crippen molar-refractivity contribution in [2.24, 2.45) is 0 Å². The van der Waals surface area contributed by atoms with Gasteiger partial charge in [0.05, 0.1) is 4.88 Å². The number of amides is 1. The summed E-state index contributed by atoms with van der Waals surface area (Å²) >= 11 is 1.54. The Hall–Kier alpha value is -2.54. The standard InChI is InChI=1S/C14H12N4O2S/c19-12(16-11-5-1-2-8-15-11)6-7-13-17-14(18-20-13)10-4-3-9-21-10/h1-5,8-9H,6-7H2,(H,15,16,19). The monoisotopic (exact) mass is 300 g/mol. The van der Waals surface area contributed by atoms with E-state index >= 15 is 0 Å². The third-order valence-corrected chi connectivity index (χ3v) is 3.57. The molecule has 0 bridgehead atoms. The molecule has 0 spiro atoms. The van der Waals surface area contributed by atoms with E-state index in [1.165, 1.54) is 0 Å². The molecule has 0 aliphatic heterocycles. The molecule has 0 atom stereocenters. The van der Waals surface area contributed by atoms with E-state index in [-0.39, 0.29) is 12.3 Å². The second-order valence-electron chi connectivity index (χ2n) is 4.25. The van der Waals surface area contributed by atoms with Crippen LogP contribution >= 0.6 is 11.3 Å². The van der Waals surface area contributed by atoms with Gasteiger partial charge in [-0.05, 0) is 23.6 Å². The van der Waals surface area contributed by atoms with E-state index in [0.29, 0.717) is 24.0 Å². The van der Waals surface area contributed by atoms with E-state index in [9.17, 15) is 4.79 Å². The zero-order valence-corrected chi connectivity index (χ0v) is 11.8. The summed E-state index contributed by atoms with van der Waals surface area (Å²) in [6.45, 7) is 0. The normalized spacial score (nSPS) is 10.5. The summed E-state index contributed by atoms with van der Waals surface area (Å²) in [6.07, 6.45) is 2.29. The summed E-state index contributed by atoms with van der Waals surface area (Å²) in [6, 6.07) is 9.19. The van der Waals surface area contributed by atoms with E-state index in [1.807, 2.05) is 23.6 Å². The van der Waals surface area contributed by atoms with Gasteiger partial charge in [0, 0.05) is 19.0 Å². The Morgan fingerprint density at radius 2 is 2.24 bits per heavy atom. The zero-order chi connectivity index (χ0) is 14.5. The molecular formula is C14H12N4O2S. The highest BCUT2D eigenvalue weighted by molar-refractivity contribution is 7.13. The van der Waals surface area contributed by atoms with Gasteiger partial charge in [0.1, 0.15) is 5.82 Å². The Bertz CT molecular complexity index is 710. The molecule has 3 aromatic rings. The molecule has 0 unspecified atom stereocenters. The van der Waals surface area contributed by atoms with Gasteiger partial charge < -0.3 is 9.84 Å². The second-order valence-corrected chi connectivity index (χ2v) is 5.20. The van der Waals surface area contributed by atoms with Gasteiger partial charge in [-0.3, -0.25) is 4.79 Å². The summed E-state index contributed by atoms with van der Waals surface area (Å²) in [4.78, 5) is 21.0. The number of rotatable bonds is 5. The van der Waals surface area contributed by atoms with E-state index in [4.69, 9.17) is 4.52 Å². The molecule has 0 fully saturated rings. The van der Waals surface area contributed by atoms with Gasteiger partial charge in [-0.25, -0.2) is 4.98 Å². The summed E-state index contributed by atoms with van der Waals surface area (Å²) in [5.74, 6) is 1.41. The Morgan fingerprint density at radius 3 is 3.00 bits per heavy atom. The van der Waals surface area contributed by atoms with Crippen molar-refractivity contribution >= 4 is 23.1 Å². The smallest absolute Gasteiger partial charge is 0.227 e. The largest absolute Gasteiger partial charge is 0.339 e. The number of nitrogens with one attached hydrogen (secondary N) is 1. The van der Waals surface area contributed by atoms with E-state index in [0.717, 1.165) is 4.88 Å². The lowest BCUT2D eigenvalue weighted by Crippen LogP contribution is -2.13. The minimum Gasteiger partial charge on any atom is -0.339 e. The fraction of sp³-hybridized carbons (Fsp3) is 0.143. The molecule has 21 heavy (non-hydrogen) atoms. The number of nitrogens with zero attached hydrogens (tertiary/aromatic N) is 3. The van der Waals surface area contributed by atoms with Crippen molar-refractivity contribution < 1.29 is 9.32 Å². The van der Waals surface area contributed by atoms with Crippen LogP contribution in [0, 0.1) is 0 Å². The molecule has 0 aliphatic rings. The van der Waals surface area contributed by atoms with Crippen LogP contribution in [-0.4, -0.2) is 21.0 Å². The first-order chi connectivity index (χ1) is 10.3. The molecule has 6 nitrogen and oxygen atoms in total. The van der Waals surface area contributed by atoms with Crippen molar-refractivity contribution in [3.05, 3.63) is 47.8 Å². The van der Waals surface area contributed by atoms with Crippen LogP contribution in [0.15, 0.2) is 46.4 Å². The Labute approximate surface area is 124 Å². The van der Waals surface area contributed by atoms with E-state index in [2.05, 4.69) is 20.4 Å². The Balaban J connectivity index is 1.54. The maximum atomic E-state index is 11.8. The number of anilines is 1. The van der Waals surface area contributed by atoms with Crippen LogP contribution in [0.25, 0.3) is 10.7 Å².